The monoisotopic (exact) mass is 426 g/mol. The van der Waals surface area contributed by atoms with E-state index in [4.69, 9.17) is 4.74 Å². The van der Waals surface area contributed by atoms with E-state index in [2.05, 4.69) is 23.8 Å². The van der Waals surface area contributed by atoms with Crippen molar-refractivity contribution in [3.8, 4) is 16.9 Å². The average molecular weight is 427 g/mol. The highest BCUT2D eigenvalue weighted by Gasteiger charge is 2.21. The second kappa shape index (κ2) is 12.8. The molecule has 1 heterocycles. The first kappa shape index (κ1) is 23.7. The maximum absolute atomic E-state index is 14.3. The molecule has 0 aliphatic heterocycles. The first-order chi connectivity index (χ1) is 15.2. The number of aromatic nitrogens is 2. The first-order valence-corrected chi connectivity index (χ1v) is 12.4. The van der Waals surface area contributed by atoms with Crippen molar-refractivity contribution in [2.24, 2.45) is 11.8 Å². The van der Waals surface area contributed by atoms with Crippen LogP contribution in [-0.4, -0.2) is 16.6 Å². The number of aryl methyl sites for hydroxylation is 1. The summed E-state index contributed by atoms with van der Waals surface area (Å²) in [7, 11) is 0. The van der Waals surface area contributed by atoms with E-state index in [-0.39, 0.29) is 5.82 Å². The quantitative estimate of drug-likeness (QED) is 0.325. The normalized spacial score (nSPS) is 18.8. The minimum atomic E-state index is -0.331. The largest absolute Gasteiger partial charge is 0.491 e. The van der Waals surface area contributed by atoms with Gasteiger partial charge < -0.3 is 4.74 Å². The second-order valence-electron chi connectivity index (χ2n) is 9.16. The zero-order valence-corrected chi connectivity index (χ0v) is 19.4. The predicted molar refractivity (Wildman–Crippen MR) is 126 cm³/mol. The molecule has 0 saturated heterocycles. The predicted octanol–water partition coefficient (Wildman–Crippen LogP) is 7.78. The Labute approximate surface area is 187 Å². The third-order valence-electron chi connectivity index (χ3n) is 6.68. The second-order valence-corrected chi connectivity index (χ2v) is 9.16. The van der Waals surface area contributed by atoms with Crippen LogP contribution in [-0.2, 0) is 6.42 Å². The Kier molecular flexibility index (Phi) is 9.77. The zero-order valence-electron chi connectivity index (χ0n) is 19.4. The smallest absolute Gasteiger partial charge is 0.165 e. The SMILES string of the molecule is CCCCC[C@H]1CC[C@H](CCc2ncc(-c3ccc(OCCCC)c(F)c3)cn2)CC1. The molecule has 1 fully saturated rings. The molecule has 1 aromatic heterocycles. The fraction of sp³-hybridized carbons (Fsp3) is 0.630. The van der Waals surface area contributed by atoms with Gasteiger partial charge in [0, 0.05) is 24.4 Å². The van der Waals surface area contributed by atoms with E-state index < -0.39 is 0 Å². The summed E-state index contributed by atoms with van der Waals surface area (Å²) in [6, 6.07) is 5.09. The number of benzene rings is 1. The molecule has 0 bridgehead atoms. The van der Waals surface area contributed by atoms with E-state index in [1.54, 1.807) is 6.07 Å². The van der Waals surface area contributed by atoms with Crippen LogP contribution in [0.4, 0.5) is 4.39 Å². The Bertz CT molecular complexity index is 769. The van der Waals surface area contributed by atoms with E-state index in [0.29, 0.717) is 12.4 Å². The van der Waals surface area contributed by atoms with Gasteiger partial charge in [0.25, 0.3) is 0 Å². The summed E-state index contributed by atoms with van der Waals surface area (Å²) < 4.78 is 19.8. The molecule has 0 N–H and O–H groups in total. The summed E-state index contributed by atoms with van der Waals surface area (Å²) in [5.41, 5.74) is 1.63. The van der Waals surface area contributed by atoms with Crippen molar-refractivity contribution in [2.75, 3.05) is 6.61 Å². The van der Waals surface area contributed by atoms with Gasteiger partial charge in [-0.05, 0) is 42.4 Å². The van der Waals surface area contributed by atoms with Gasteiger partial charge in [0.2, 0.25) is 0 Å². The van der Waals surface area contributed by atoms with Crippen molar-refractivity contribution in [1.82, 2.24) is 9.97 Å². The van der Waals surface area contributed by atoms with Crippen LogP contribution >= 0.6 is 0 Å². The molecule has 3 nitrogen and oxygen atoms in total. The van der Waals surface area contributed by atoms with Gasteiger partial charge in [0.1, 0.15) is 5.82 Å². The lowest BCUT2D eigenvalue weighted by atomic mass is 9.78. The summed E-state index contributed by atoms with van der Waals surface area (Å²) in [6.07, 6.45) is 18.8. The molecule has 1 aliphatic rings. The molecule has 0 atom stereocenters. The van der Waals surface area contributed by atoms with Crippen LogP contribution in [0.3, 0.4) is 0 Å². The molecule has 1 aromatic carbocycles. The van der Waals surface area contributed by atoms with Gasteiger partial charge in [-0.3, -0.25) is 0 Å². The molecule has 4 heteroatoms. The van der Waals surface area contributed by atoms with Crippen molar-refractivity contribution in [2.45, 2.75) is 90.9 Å². The maximum Gasteiger partial charge on any atom is 0.165 e. The Morgan fingerprint density at radius 2 is 1.55 bits per heavy atom. The Morgan fingerprint density at radius 1 is 0.871 bits per heavy atom. The summed E-state index contributed by atoms with van der Waals surface area (Å²) >= 11 is 0. The van der Waals surface area contributed by atoms with Crippen molar-refractivity contribution in [3.05, 3.63) is 42.2 Å². The van der Waals surface area contributed by atoms with E-state index in [1.165, 1.54) is 63.9 Å². The van der Waals surface area contributed by atoms with Crippen molar-refractivity contribution in [3.63, 3.8) is 0 Å². The molecule has 1 aliphatic carbocycles. The average Bonchev–Trinajstić information content (AvgIpc) is 2.80. The van der Waals surface area contributed by atoms with Gasteiger partial charge in [0.15, 0.2) is 11.6 Å². The van der Waals surface area contributed by atoms with Crippen molar-refractivity contribution in [1.29, 1.82) is 0 Å². The van der Waals surface area contributed by atoms with E-state index in [1.807, 2.05) is 18.5 Å². The molecule has 0 radical (unpaired) electrons. The van der Waals surface area contributed by atoms with Crippen molar-refractivity contribution < 1.29 is 9.13 Å². The van der Waals surface area contributed by atoms with Gasteiger partial charge in [-0.25, -0.2) is 14.4 Å². The minimum absolute atomic E-state index is 0.315. The fourth-order valence-corrected chi connectivity index (χ4v) is 4.58. The van der Waals surface area contributed by atoms with E-state index in [0.717, 1.165) is 48.0 Å². The Morgan fingerprint density at radius 3 is 2.19 bits per heavy atom. The molecular weight excluding hydrogens is 387 g/mol. The maximum atomic E-state index is 14.3. The fourth-order valence-electron chi connectivity index (χ4n) is 4.58. The molecule has 1 saturated carbocycles. The number of unbranched alkanes of at least 4 members (excludes halogenated alkanes) is 3. The molecular formula is C27H39FN2O. The first-order valence-electron chi connectivity index (χ1n) is 12.4. The highest BCUT2D eigenvalue weighted by Crippen LogP contribution is 2.34. The van der Waals surface area contributed by atoms with E-state index >= 15 is 0 Å². The summed E-state index contributed by atoms with van der Waals surface area (Å²) in [5, 5.41) is 0. The molecule has 0 amide bonds. The standard InChI is InChI=1S/C27H39FN2O/c1-3-5-7-8-21-9-11-22(12-10-21)13-16-27-29-19-24(20-30-27)23-14-15-26(25(28)18-23)31-17-6-4-2/h14-15,18-22H,3-13,16-17H2,1-2H3/t21-,22-. The van der Waals surface area contributed by atoms with Crippen molar-refractivity contribution >= 4 is 0 Å². The van der Waals surface area contributed by atoms with Crippen LogP contribution in [0.2, 0.25) is 0 Å². The summed E-state index contributed by atoms with van der Waals surface area (Å²) in [4.78, 5) is 9.10. The van der Waals surface area contributed by atoms with E-state index in [9.17, 15) is 4.39 Å². The Balaban J connectivity index is 1.45. The molecule has 0 spiro atoms. The minimum Gasteiger partial charge on any atom is -0.491 e. The van der Waals surface area contributed by atoms with Crippen LogP contribution < -0.4 is 4.74 Å². The Hall–Kier alpha value is -1.97. The highest BCUT2D eigenvalue weighted by atomic mass is 19.1. The lowest BCUT2D eigenvalue weighted by Crippen LogP contribution is -2.15. The molecule has 2 aromatic rings. The number of rotatable bonds is 12. The van der Waals surface area contributed by atoms with Crippen LogP contribution in [0, 0.1) is 17.7 Å². The van der Waals surface area contributed by atoms with Gasteiger partial charge in [-0.2, -0.15) is 0 Å². The van der Waals surface area contributed by atoms with Gasteiger partial charge >= 0.3 is 0 Å². The molecule has 31 heavy (non-hydrogen) atoms. The summed E-state index contributed by atoms with van der Waals surface area (Å²) in [5.74, 6) is 2.66. The van der Waals surface area contributed by atoms with Crippen LogP contribution in [0.25, 0.3) is 11.1 Å². The highest BCUT2D eigenvalue weighted by molar-refractivity contribution is 5.62. The third-order valence-corrected chi connectivity index (χ3v) is 6.68. The lowest BCUT2D eigenvalue weighted by Gasteiger charge is -2.28. The number of hydrogen-bond donors (Lipinski definition) is 0. The summed E-state index contributed by atoms with van der Waals surface area (Å²) in [6.45, 7) is 4.92. The number of ether oxygens (including phenoxy) is 1. The lowest BCUT2D eigenvalue weighted by molar-refractivity contribution is 0.248. The zero-order chi connectivity index (χ0) is 21.9. The molecule has 3 rings (SSSR count). The van der Waals surface area contributed by atoms with Crippen LogP contribution in [0.15, 0.2) is 30.6 Å². The number of nitrogens with zero attached hydrogens (tertiary/aromatic N) is 2. The van der Waals surface area contributed by atoms with Crippen LogP contribution in [0.5, 0.6) is 5.75 Å². The van der Waals surface area contributed by atoms with Gasteiger partial charge in [0.05, 0.1) is 6.61 Å². The molecule has 170 valence electrons. The molecule has 0 unspecified atom stereocenters. The topological polar surface area (TPSA) is 35.0 Å². The van der Waals surface area contributed by atoms with Crippen LogP contribution in [0.1, 0.15) is 90.3 Å². The third kappa shape index (κ3) is 7.59. The van der Waals surface area contributed by atoms with Gasteiger partial charge in [-0.1, -0.05) is 77.7 Å². The van der Waals surface area contributed by atoms with Gasteiger partial charge in [-0.15, -0.1) is 0 Å². The number of hydrogen-bond acceptors (Lipinski definition) is 3. The number of halogens is 1.